The van der Waals surface area contributed by atoms with Gasteiger partial charge in [0.2, 0.25) is 5.90 Å². The molecule has 0 amide bonds. The van der Waals surface area contributed by atoms with Gasteiger partial charge in [-0.15, -0.1) is 0 Å². The van der Waals surface area contributed by atoms with E-state index < -0.39 is 0 Å². The van der Waals surface area contributed by atoms with Crippen LogP contribution in [0, 0.1) is 5.92 Å². The van der Waals surface area contributed by atoms with Crippen LogP contribution in [-0.2, 0) is 9.47 Å². The Bertz CT molecular complexity index is 212. The zero-order valence-corrected chi connectivity index (χ0v) is 9.41. The highest BCUT2D eigenvalue weighted by Crippen LogP contribution is 2.03. The number of hydrogen-bond acceptors (Lipinski definition) is 4. The Balaban J connectivity index is 4.32. The Hall–Kier alpha value is -1.03. The molecule has 0 aromatic carbocycles. The Morgan fingerprint density at radius 2 is 1.93 bits per heavy atom. The Morgan fingerprint density at radius 1 is 1.36 bits per heavy atom. The van der Waals surface area contributed by atoms with Crippen molar-refractivity contribution >= 4 is 5.90 Å². The minimum absolute atomic E-state index is 0.176. The number of nitrogens with zero attached hydrogens (tertiary/aromatic N) is 1. The molecule has 0 fully saturated rings. The third-order valence-electron chi connectivity index (χ3n) is 1.91. The molecule has 0 bridgehead atoms. The molecule has 0 aromatic heterocycles. The average molecular weight is 200 g/mol. The average Bonchev–Trinajstić information content (AvgIpc) is 2.17. The quantitative estimate of drug-likeness (QED) is 0.412. The second-order valence-corrected chi connectivity index (χ2v) is 3.37. The molecular formula is C10H20N2O2. The standard InChI is InChI=1S/C10H20N2O2/c1-7(2)9(11)10(14-5)12-6-8(3)13-4/h7,9H,3,6,11H2,1-2,4-5H3/t9-/m0/s1. The van der Waals surface area contributed by atoms with Crippen LogP contribution in [0.4, 0.5) is 0 Å². The van der Waals surface area contributed by atoms with Crippen molar-refractivity contribution in [3.63, 3.8) is 0 Å². The van der Waals surface area contributed by atoms with Crippen LogP contribution in [0.25, 0.3) is 0 Å². The van der Waals surface area contributed by atoms with Crippen molar-refractivity contribution in [3.05, 3.63) is 12.3 Å². The number of nitrogens with two attached hydrogens (primary N) is 1. The molecule has 14 heavy (non-hydrogen) atoms. The summed E-state index contributed by atoms with van der Waals surface area (Å²) >= 11 is 0. The first-order valence-electron chi connectivity index (χ1n) is 4.58. The van der Waals surface area contributed by atoms with Crippen LogP contribution < -0.4 is 5.73 Å². The van der Waals surface area contributed by atoms with Crippen molar-refractivity contribution in [2.45, 2.75) is 19.9 Å². The molecule has 2 N–H and O–H groups in total. The fraction of sp³-hybridized carbons (Fsp3) is 0.700. The second kappa shape index (κ2) is 6.43. The highest BCUT2D eigenvalue weighted by atomic mass is 16.5. The van der Waals surface area contributed by atoms with Gasteiger partial charge in [-0.1, -0.05) is 20.4 Å². The molecule has 0 aliphatic heterocycles. The fourth-order valence-electron chi connectivity index (χ4n) is 0.822. The van der Waals surface area contributed by atoms with Crippen LogP contribution in [0.3, 0.4) is 0 Å². The molecule has 4 nitrogen and oxygen atoms in total. The van der Waals surface area contributed by atoms with Gasteiger partial charge in [0.1, 0.15) is 5.76 Å². The van der Waals surface area contributed by atoms with Crippen LogP contribution in [0.1, 0.15) is 13.8 Å². The molecule has 0 saturated heterocycles. The summed E-state index contributed by atoms with van der Waals surface area (Å²) in [6.45, 7) is 8.08. The Kier molecular flexibility index (Phi) is 5.95. The monoisotopic (exact) mass is 200 g/mol. The van der Waals surface area contributed by atoms with Crippen molar-refractivity contribution in [1.82, 2.24) is 0 Å². The lowest BCUT2D eigenvalue weighted by Crippen LogP contribution is -2.36. The van der Waals surface area contributed by atoms with Crippen molar-refractivity contribution in [2.24, 2.45) is 16.6 Å². The highest BCUT2D eigenvalue weighted by Gasteiger charge is 2.15. The topological polar surface area (TPSA) is 56.8 Å². The van der Waals surface area contributed by atoms with E-state index in [4.69, 9.17) is 15.2 Å². The van der Waals surface area contributed by atoms with Gasteiger partial charge in [0.05, 0.1) is 26.8 Å². The highest BCUT2D eigenvalue weighted by molar-refractivity contribution is 5.81. The lowest BCUT2D eigenvalue weighted by Gasteiger charge is -2.16. The maximum atomic E-state index is 5.87. The van der Waals surface area contributed by atoms with Gasteiger partial charge >= 0.3 is 0 Å². The van der Waals surface area contributed by atoms with Gasteiger partial charge in [-0.05, 0) is 5.92 Å². The first-order valence-corrected chi connectivity index (χ1v) is 4.58. The van der Waals surface area contributed by atoms with Crippen molar-refractivity contribution in [2.75, 3.05) is 20.8 Å². The molecule has 0 unspecified atom stereocenters. The number of ether oxygens (including phenoxy) is 2. The predicted octanol–water partition coefficient (Wildman–Crippen LogP) is 1.17. The van der Waals surface area contributed by atoms with Gasteiger partial charge < -0.3 is 15.2 Å². The van der Waals surface area contributed by atoms with Crippen LogP contribution >= 0.6 is 0 Å². The van der Waals surface area contributed by atoms with Crippen LogP contribution in [-0.4, -0.2) is 32.7 Å². The molecule has 0 spiro atoms. The summed E-state index contributed by atoms with van der Waals surface area (Å²) in [5.74, 6) is 1.43. The van der Waals surface area contributed by atoms with E-state index in [-0.39, 0.29) is 6.04 Å². The molecule has 0 aliphatic carbocycles. The predicted molar refractivity (Wildman–Crippen MR) is 58.3 cm³/mol. The Morgan fingerprint density at radius 3 is 2.29 bits per heavy atom. The minimum Gasteiger partial charge on any atom is -0.500 e. The second-order valence-electron chi connectivity index (χ2n) is 3.37. The van der Waals surface area contributed by atoms with E-state index in [9.17, 15) is 0 Å². The van der Waals surface area contributed by atoms with Crippen LogP contribution in [0.5, 0.6) is 0 Å². The summed E-state index contributed by atoms with van der Waals surface area (Å²) in [6, 6.07) is -0.176. The number of methoxy groups -OCH3 is 2. The summed E-state index contributed by atoms with van der Waals surface area (Å²) in [7, 11) is 3.13. The van der Waals surface area contributed by atoms with Gasteiger partial charge in [0.15, 0.2) is 0 Å². The third-order valence-corrected chi connectivity index (χ3v) is 1.91. The molecule has 0 heterocycles. The largest absolute Gasteiger partial charge is 0.500 e. The summed E-state index contributed by atoms with van der Waals surface area (Å²) in [5.41, 5.74) is 5.87. The number of aliphatic imine (C=N–C) groups is 1. The SMILES string of the molecule is C=C(CN=C(OC)[C@@H](N)C(C)C)OC. The minimum atomic E-state index is -0.176. The van der Waals surface area contributed by atoms with Crippen molar-refractivity contribution in [1.29, 1.82) is 0 Å². The molecule has 0 radical (unpaired) electrons. The van der Waals surface area contributed by atoms with Crippen molar-refractivity contribution < 1.29 is 9.47 Å². The maximum absolute atomic E-state index is 5.87. The summed E-state index contributed by atoms with van der Waals surface area (Å²) in [5, 5.41) is 0. The molecule has 4 heteroatoms. The summed E-state index contributed by atoms with van der Waals surface area (Å²) < 4.78 is 9.98. The van der Waals surface area contributed by atoms with E-state index in [2.05, 4.69) is 11.6 Å². The van der Waals surface area contributed by atoms with E-state index in [1.807, 2.05) is 13.8 Å². The molecule has 0 aromatic rings. The molecule has 0 aliphatic rings. The zero-order valence-electron chi connectivity index (χ0n) is 9.41. The van der Waals surface area contributed by atoms with Gasteiger partial charge in [-0.2, -0.15) is 0 Å². The third kappa shape index (κ3) is 4.28. The van der Waals surface area contributed by atoms with Crippen molar-refractivity contribution in [3.8, 4) is 0 Å². The molecule has 0 saturated carbocycles. The first-order chi connectivity index (χ1) is 6.52. The van der Waals surface area contributed by atoms with Gasteiger partial charge in [0.25, 0.3) is 0 Å². The Labute approximate surface area is 85.8 Å². The lowest BCUT2D eigenvalue weighted by molar-refractivity contribution is 0.287. The number of rotatable bonds is 5. The fourth-order valence-corrected chi connectivity index (χ4v) is 0.822. The maximum Gasteiger partial charge on any atom is 0.201 e. The molecule has 1 atom stereocenters. The van der Waals surface area contributed by atoms with E-state index >= 15 is 0 Å². The summed E-state index contributed by atoms with van der Waals surface area (Å²) in [6.07, 6.45) is 0. The van der Waals surface area contributed by atoms with E-state index in [0.29, 0.717) is 24.1 Å². The molecule has 82 valence electrons. The lowest BCUT2D eigenvalue weighted by atomic mass is 10.1. The zero-order chi connectivity index (χ0) is 11.1. The van der Waals surface area contributed by atoms with Gasteiger partial charge in [-0.3, -0.25) is 0 Å². The molecular weight excluding hydrogens is 180 g/mol. The van der Waals surface area contributed by atoms with Crippen LogP contribution in [0.15, 0.2) is 17.3 Å². The molecule has 0 rings (SSSR count). The van der Waals surface area contributed by atoms with Gasteiger partial charge in [-0.25, -0.2) is 4.99 Å². The van der Waals surface area contributed by atoms with E-state index in [0.717, 1.165) is 0 Å². The van der Waals surface area contributed by atoms with Gasteiger partial charge in [0, 0.05) is 0 Å². The normalized spacial score (nSPS) is 14.0. The summed E-state index contributed by atoms with van der Waals surface area (Å²) in [4.78, 5) is 4.18. The first kappa shape index (κ1) is 13.0. The number of hydrogen-bond donors (Lipinski definition) is 1. The van der Waals surface area contributed by atoms with E-state index in [1.165, 1.54) is 0 Å². The van der Waals surface area contributed by atoms with E-state index in [1.54, 1.807) is 14.2 Å². The smallest absolute Gasteiger partial charge is 0.201 e. The van der Waals surface area contributed by atoms with Crippen LogP contribution in [0.2, 0.25) is 0 Å².